The molecule has 1 fully saturated rings. The highest BCUT2D eigenvalue weighted by Gasteiger charge is 2.18. The van der Waals surface area contributed by atoms with E-state index in [0.717, 1.165) is 38.8 Å². The first kappa shape index (κ1) is 18.8. The molecule has 6 nitrogen and oxygen atoms in total. The summed E-state index contributed by atoms with van der Waals surface area (Å²) in [6, 6.07) is 13.1. The van der Waals surface area contributed by atoms with Crippen LogP contribution in [0.2, 0.25) is 0 Å². The quantitative estimate of drug-likeness (QED) is 0.847. The third kappa shape index (κ3) is 5.23. The van der Waals surface area contributed by atoms with Crippen molar-refractivity contribution >= 4 is 17.5 Å². The second kappa shape index (κ2) is 9.07. The summed E-state index contributed by atoms with van der Waals surface area (Å²) in [5, 5.41) is 12.2. The predicted octanol–water partition coefficient (Wildman–Crippen LogP) is 3.43. The molecule has 3 rings (SSSR count). The molecule has 0 bridgehead atoms. The summed E-state index contributed by atoms with van der Waals surface area (Å²) >= 11 is 0. The van der Waals surface area contributed by atoms with E-state index < -0.39 is 0 Å². The van der Waals surface area contributed by atoms with Crippen LogP contribution in [0.25, 0.3) is 0 Å². The minimum Gasteiger partial charge on any atom is -0.508 e. The number of phenolic OH excluding ortho intramolecular Hbond substituents is 1. The minimum absolute atomic E-state index is 0.0555. The maximum absolute atomic E-state index is 12.6. The van der Waals surface area contributed by atoms with Crippen molar-refractivity contribution in [1.82, 2.24) is 4.90 Å². The number of nitrogens with one attached hydrogen (secondary N) is 1. The number of hydrogen-bond donors (Lipinski definition) is 2. The maximum atomic E-state index is 12.6. The van der Waals surface area contributed by atoms with Gasteiger partial charge in [-0.3, -0.25) is 9.59 Å². The number of benzene rings is 2. The van der Waals surface area contributed by atoms with E-state index in [2.05, 4.69) is 5.32 Å². The van der Waals surface area contributed by atoms with Gasteiger partial charge in [0.15, 0.2) is 6.61 Å². The van der Waals surface area contributed by atoms with Crippen LogP contribution in [0.4, 0.5) is 5.69 Å². The van der Waals surface area contributed by atoms with E-state index in [0.29, 0.717) is 17.0 Å². The van der Waals surface area contributed by atoms with E-state index in [4.69, 9.17) is 4.74 Å². The molecule has 2 aromatic carbocycles. The van der Waals surface area contributed by atoms with Crippen molar-refractivity contribution in [3.8, 4) is 11.5 Å². The number of aromatic hydroxyl groups is 1. The molecule has 0 aromatic heterocycles. The Balaban J connectivity index is 1.64. The number of ether oxygens (including phenoxy) is 1. The molecule has 0 unspecified atom stereocenters. The molecule has 2 N–H and O–H groups in total. The molecule has 2 aromatic rings. The lowest BCUT2D eigenvalue weighted by Gasteiger charge is -2.20. The Morgan fingerprint density at radius 1 is 1.00 bits per heavy atom. The first-order chi connectivity index (χ1) is 13.1. The van der Waals surface area contributed by atoms with E-state index in [-0.39, 0.29) is 24.2 Å². The van der Waals surface area contributed by atoms with Crippen LogP contribution in [0, 0.1) is 0 Å². The van der Waals surface area contributed by atoms with Gasteiger partial charge in [-0.2, -0.15) is 0 Å². The number of nitrogens with zero attached hydrogens (tertiary/aromatic N) is 1. The number of amides is 2. The van der Waals surface area contributed by atoms with Crippen molar-refractivity contribution in [1.29, 1.82) is 0 Å². The maximum Gasteiger partial charge on any atom is 0.260 e. The van der Waals surface area contributed by atoms with Gasteiger partial charge >= 0.3 is 0 Å². The van der Waals surface area contributed by atoms with Crippen molar-refractivity contribution in [3.63, 3.8) is 0 Å². The lowest BCUT2D eigenvalue weighted by Crippen LogP contribution is -2.35. The molecular weight excluding hydrogens is 344 g/mol. The summed E-state index contributed by atoms with van der Waals surface area (Å²) in [7, 11) is 0. The molecule has 6 heteroatoms. The van der Waals surface area contributed by atoms with Gasteiger partial charge in [0.25, 0.3) is 11.8 Å². The van der Waals surface area contributed by atoms with Crippen LogP contribution in [-0.2, 0) is 4.79 Å². The smallest absolute Gasteiger partial charge is 0.260 e. The van der Waals surface area contributed by atoms with Gasteiger partial charge in [0.05, 0.1) is 5.56 Å². The van der Waals surface area contributed by atoms with Crippen molar-refractivity contribution < 1.29 is 19.4 Å². The van der Waals surface area contributed by atoms with Gasteiger partial charge in [-0.1, -0.05) is 31.0 Å². The van der Waals surface area contributed by atoms with Crippen molar-refractivity contribution in [2.24, 2.45) is 0 Å². The fourth-order valence-corrected chi connectivity index (χ4v) is 3.11. The van der Waals surface area contributed by atoms with Crippen LogP contribution < -0.4 is 10.1 Å². The number of phenols is 1. The number of para-hydroxylation sites is 1. The molecule has 2 amide bonds. The Hall–Kier alpha value is -3.02. The zero-order valence-electron chi connectivity index (χ0n) is 15.2. The van der Waals surface area contributed by atoms with Gasteiger partial charge in [-0.25, -0.2) is 0 Å². The van der Waals surface area contributed by atoms with E-state index in [1.807, 2.05) is 4.90 Å². The first-order valence-electron chi connectivity index (χ1n) is 9.23. The second-order valence-electron chi connectivity index (χ2n) is 6.58. The Bertz CT molecular complexity index is 798. The van der Waals surface area contributed by atoms with Crippen LogP contribution in [0.15, 0.2) is 48.5 Å². The number of likely N-dealkylation sites (tertiary alicyclic amines) is 1. The van der Waals surface area contributed by atoms with Crippen molar-refractivity contribution in [3.05, 3.63) is 54.1 Å². The molecular formula is C21H24N2O4. The number of carbonyl (C=O) groups excluding carboxylic acids is 2. The molecule has 0 atom stereocenters. The van der Waals surface area contributed by atoms with Crippen LogP contribution >= 0.6 is 0 Å². The summed E-state index contributed by atoms with van der Waals surface area (Å²) in [5.74, 6) is 0.0113. The number of hydrogen-bond acceptors (Lipinski definition) is 4. The van der Waals surface area contributed by atoms with E-state index in [9.17, 15) is 14.7 Å². The number of rotatable bonds is 5. The zero-order chi connectivity index (χ0) is 19.1. The monoisotopic (exact) mass is 368 g/mol. The summed E-state index contributed by atoms with van der Waals surface area (Å²) in [4.78, 5) is 26.8. The highest BCUT2D eigenvalue weighted by Crippen LogP contribution is 2.21. The molecule has 1 aliphatic rings. The van der Waals surface area contributed by atoms with E-state index in [1.165, 1.54) is 12.1 Å². The van der Waals surface area contributed by atoms with Crippen LogP contribution in [0.5, 0.6) is 11.5 Å². The van der Waals surface area contributed by atoms with Crippen LogP contribution in [-0.4, -0.2) is 41.5 Å². The lowest BCUT2D eigenvalue weighted by molar-refractivity contribution is -0.133. The third-order valence-corrected chi connectivity index (χ3v) is 4.55. The molecule has 0 aliphatic carbocycles. The van der Waals surface area contributed by atoms with Gasteiger partial charge in [-0.05, 0) is 37.1 Å². The Labute approximate surface area is 158 Å². The minimum atomic E-state index is -0.363. The average Bonchev–Trinajstić information content (AvgIpc) is 2.96. The van der Waals surface area contributed by atoms with E-state index in [1.54, 1.807) is 36.4 Å². The van der Waals surface area contributed by atoms with Gasteiger partial charge < -0.3 is 20.1 Å². The summed E-state index contributed by atoms with van der Waals surface area (Å²) in [5.41, 5.74) is 0.819. The van der Waals surface area contributed by atoms with Gasteiger partial charge in [-0.15, -0.1) is 0 Å². The standard InChI is InChI=1S/C21H24N2O4/c24-17-9-7-8-16(14-17)22-21(26)18-10-3-4-11-19(18)27-15-20(25)23-12-5-1-2-6-13-23/h3-4,7-11,14,24H,1-2,5-6,12-13,15H2,(H,22,26). The first-order valence-corrected chi connectivity index (χ1v) is 9.23. The molecule has 1 saturated heterocycles. The molecule has 0 spiro atoms. The number of anilines is 1. The summed E-state index contributed by atoms with van der Waals surface area (Å²) in [6.45, 7) is 1.44. The molecule has 0 saturated carbocycles. The molecule has 142 valence electrons. The topological polar surface area (TPSA) is 78.9 Å². The van der Waals surface area contributed by atoms with Crippen molar-refractivity contribution in [2.75, 3.05) is 25.0 Å². The average molecular weight is 368 g/mol. The Morgan fingerprint density at radius 3 is 2.48 bits per heavy atom. The molecule has 1 aliphatic heterocycles. The highest BCUT2D eigenvalue weighted by molar-refractivity contribution is 6.06. The SMILES string of the molecule is O=C(Nc1cccc(O)c1)c1ccccc1OCC(=O)N1CCCCCC1. The van der Waals surface area contributed by atoms with Gasteiger partial charge in [0.2, 0.25) is 0 Å². The van der Waals surface area contributed by atoms with Crippen LogP contribution in [0.1, 0.15) is 36.0 Å². The molecule has 0 radical (unpaired) electrons. The normalized spacial score (nSPS) is 14.3. The zero-order valence-corrected chi connectivity index (χ0v) is 15.2. The van der Waals surface area contributed by atoms with Gasteiger partial charge in [0, 0.05) is 24.8 Å². The fraction of sp³-hybridized carbons (Fsp3) is 0.333. The summed E-state index contributed by atoms with van der Waals surface area (Å²) < 4.78 is 5.67. The van der Waals surface area contributed by atoms with E-state index >= 15 is 0 Å². The Kier molecular flexibility index (Phi) is 6.30. The highest BCUT2D eigenvalue weighted by atomic mass is 16.5. The lowest BCUT2D eigenvalue weighted by atomic mass is 10.2. The third-order valence-electron chi connectivity index (χ3n) is 4.55. The predicted molar refractivity (Wildman–Crippen MR) is 103 cm³/mol. The molecule has 1 heterocycles. The second-order valence-corrected chi connectivity index (χ2v) is 6.58. The van der Waals surface area contributed by atoms with Crippen LogP contribution in [0.3, 0.4) is 0 Å². The number of carbonyl (C=O) groups is 2. The largest absolute Gasteiger partial charge is 0.508 e. The van der Waals surface area contributed by atoms with Crippen molar-refractivity contribution in [2.45, 2.75) is 25.7 Å². The molecule has 27 heavy (non-hydrogen) atoms. The summed E-state index contributed by atoms with van der Waals surface area (Å²) in [6.07, 6.45) is 4.36. The fourth-order valence-electron chi connectivity index (χ4n) is 3.11. The van der Waals surface area contributed by atoms with Gasteiger partial charge in [0.1, 0.15) is 11.5 Å². The Morgan fingerprint density at radius 2 is 1.74 bits per heavy atom.